The molecule has 2 aliphatic carbocycles. The Kier molecular flexibility index (Phi) is 6.06. The zero-order valence-corrected chi connectivity index (χ0v) is 18.1. The monoisotopic (exact) mass is 469 g/mol. The number of nitrogens with one attached hydrogen (secondary N) is 1. The molecule has 172 valence electrons. The molecule has 0 spiro atoms. The molecule has 2 saturated carbocycles. The maximum atomic E-state index is 13.8. The lowest BCUT2D eigenvalue weighted by Gasteiger charge is -2.23. The Morgan fingerprint density at radius 2 is 1.97 bits per heavy atom. The van der Waals surface area contributed by atoms with Gasteiger partial charge in [-0.2, -0.15) is 13.2 Å². The fraction of sp³-hybridized carbons (Fsp3) is 0.500. The number of rotatable bonds is 8. The van der Waals surface area contributed by atoms with Crippen LogP contribution in [0.2, 0.25) is 5.02 Å². The van der Waals surface area contributed by atoms with Gasteiger partial charge in [0.15, 0.2) is 11.4 Å². The van der Waals surface area contributed by atoms with Crippen molar-refractivity contribution in [3.05, 3.63) is 40.7 Å². The highest BCUT2D eigenvalue weighted by Crippen LogP contribution is 2.40. The van der Waals surface area contributed by atoms with Crippen LogP contribution >= 0.6 is 11.6 Å². The van der Waals surface area contributed by atoms with Crippen molar-refractivity contribution in [2.75, 3.05) is 13.2 Å². The van der Waals surface area contributed by atoms with Gasteiger partial charge in [-0.15, -0.1) is 0 Å². The highest BCUT2D eigenvalue weighted by atomic mass is 35.5. The number of halogens is 4. The van der Waals surface area contributed by atoms with E-state index in [1.165, 1.54) is 6.07 Å². The third-order valence-corrected chi connectivity index (χ3v) is 5.90. The lowest BCUT2D eigenvalue weighted by molar-refractivity contribution is -0.142. The molecule has 2 N–H and O–H groups in total. The van der Waals surface area contributed by atoms with E-state index in [0.29, 0.717) is 10.6 Å². The van der Waals surface area contributed by atoms with Gasteiger partial charge in [0, 0.05) is 17.1 Å². The van der Waals surface area contributed by atoms with E-state index in [1.54, 1.807) is 25.1 Å². The summed E-state index contributed by atoms with van der Waals surface area (Å²) in [6.07, 6.45) is -1.44. The topological polar surface area (TPSA) is 84.3 Å². The van der Waals surface area contributed by atoms with Gasteiger partial charge in [0.05, 0.1) is 12.2 Å². The second kappa shape index (κ2) is 8.51. The first kappa shape index (κ1) is 22.8. The number of hydrogen-bond acceptors (Lipinski definition) is 5. The maximum Gasteiger partial charge on any atom is 0.435 e. The summed E-state index contributed by atoms with van der Waals surface area (Å²) in [5, 5.41) is 13.1. The lowest BCUT2D eigenvalue weighted by atomic mass is 10.0. The summed E-state index contributed by atoms with van der Waals surface area (Å²) in [6, 6.07) is 6.35. The first-order chi connectivity index (χ1) is 15.0. The summed E-state index contributed by atoms with van der Waals surface area (Å²) >= 11 is 6.05. The second-order valence-electron chi connectivity index (χ2n) is 8.65. The fourth-order valence-corrected chi connectivity index (χ4v) is 3.56. The smallest absolute Gasteiger partial charge is 0.435 e. The predicted octanol–water partition coefficient (Wildman–Crippen LogP) is 4.50. The summed E-state index contributed by atoms with van der Waals surface area (Å²) in [4.78, 5) is 20.5. The van der Waals surface area contributed by atoms with Crippen LogP contribution in [0, 0.1) is 11.8 Å². The largest absolute Gasteiger partial charge is 0.476 e. The van der Waals surface area contributed by atoms with Crippen LogP contribution in [0.1, 0.15) is 48.8 Å². The van der Waals surface area contributed by atoms with Crippen molar-refractivity contribution in [3.8, 4) is 17.1 Å². The van der Waals surface area contributed by atoms with Gasteiger partial charge in [0.2, 0.25) is 5.88 Å². The fourth-order valence-electron chi connectivity index (χ4n) is 3.37. The standard InChI is InChI=1S/C22H23ClF3N3O3/c1-21(31,14-7-8-14)11-27-19(30)17-18(22(24,25)26)29-20(32-10-12-5-6-12)16(28-17)13-3-2-4-15(23)9-13/h2-4,9,12,14,31H,5-8,10-11H2,1H3,(H,27,30). The number of benzene rings is 1. The molecule has 0 radical (unpaired) electrons. The second-order valence-corrected chi connectivity index (χ2v) is 9.09. The van der Waals surface area contributed by atoms with Crippen LogP contribution in [0.25, 0.3) is 11.3 Å². The van der Waals surface area contributed by atoms with Gasteiger partial charge in [-0.3, -0.25) is 4.79 Å². The quantitative estimate of drug-likeness (QED) is 0.595. The van der Waals surface area contributed by atoms with Crippen molar-refractivity contribution in [3.63, 3.8) is 0 Å². The molecular formula is C22H23ClF3N3O3. The number of carbonyl (C=O) groups excluding carboxylic acids is 1. The molecule has 0 aliphatic heterocycles. The molecule has 0 bridgehead atoms. The molecule has 2 fully saturated rings. The molecule has 6 nitrogen and oxygen atoms in total. The van der Waals surface area contributed by atoms with Crippen molar-refractivity contribution in [1.82, 2.24) is 15.3 Å². The first-order valence-corrected chi connectivity index (χ1v) is 10.8. The normalized spacial score (nSPS) is 18.2. The van der Waals surface area contributed by atoms with E-state index < -0.39 is 29.1 Å². The van der Waals surface area contributed by atoms with E-state index in [1.807, 2.05) is 0 Å². The van der Waals surface area contributed by atoms with Crippen LogP contribution < -0.4 is 10.1 Å². The average molecular weight is 470 g/mol. The van der Waals surface area contributed by atoms with Crippen molar-refractivity contribution in [2.24, 2.45) is 11.8 Å². The molecule has 10 heteroatoms. The summed E-state index contributed by atoms with van der Waals surface area (Å²) in [7, 11) is 0. The van der Waals surface area contributed by atoms with Gasteiger partial charge < -0.3 is 15.2 Å². The van der Waals surface area contributed by atoms with Crippen LogP contribution in [-0.2, 0) is 6.18 Å². The van der Waals surface area contributed by atoms with E-state index >= 15 is 0 Å². The minimum Gasteiger partial charge on any atom is -0.476 e. The van der Waals surface area contributed by atoms with Crippen LogP contribution in [0.5, 0.6) is 5.88 Å². The molecular weight excluding hydrogens is 447 g/mol. The summed E-state index contributed by atoms with van der Waals surface area (Å²) < 4.78 is 47.0. The number of alkyl halides is 3. The van der Waals surface area contributed by atoms with Crippen molar-refractivity contribution in [2.45, 2.75) is 44.4 Å². The Bertz CT molecular complexity index is 1020. The van der Waals surface area contributed by atoms with Crippen LogP contribution in [0.15, 0.2) is 24.3 Å². The van der Waals surface area contributed by atoms with Crippen molar-refractivity contribution < 1.29 is 27.8 Å². The molecule has 4 rings (SSSR count). The Morgan fingerprint density at radius 1 is 1.25 bits per heavy atom. The number of aliphatic hydroxyl groups is 1. The summed E-state index contributed by atoms with van der Waals surface area (Å²) in [5.41, 5.74) is -3.14. The van der Waals surface area contributed by atoms with E-state index in [4.69, 9.17) is 16.3 Å². The molecule has 32 heavy (non-hydrogen) atoms. The zero-order chi connectivity index (χ0) is 23.1. The molecule has 2 aliphatic rings. The maximum absolute atomic E-state index is 13.8. The molecule has 0 saturated heterocycles. The highest BCUT2D eigenvalue weighted by Gasteiger charge is 2.42. The minimum atomic E-state index is -4.93. The third kappa shape index (κ3) is 5.32. The zero-order valence-electron chi connectivity index (χ0n) is 17.4. The lowest BCUT2D eigenvalue weighted by Crippen LogP contribution is -2.43. The Hall–Kier alpha value is -2.39. The first-order valence-electron chi connectivity index (χ1n) is 10.4. The van der Waals surface area contributed by atoms with Crippen LogP contribution in [0.4, 0.5) is 13.2 Å². The SMILES string of the molecule is CC(O)(CNC(=O)c1nc(-c2cccc(Cl)c2)c(OCC2CC2)nc1C(F)(F)F)C1CC1. The summed E-state index contributed by atoms with van der Waals surface area (Å²) in [5.74, 6) is -1.09. The predicted molar refractivity (Wildman–Crippen MR) is 111 cm³/mol. The number of nitrogens with zero attached hydrogens (tertiary/aromatic N) is 2. The molecule has 1 heterocycles. The average Bonchev–Trinajstić information content (AvgIpc) is 3.62. The van der Waals surface area contributed by atoms with Crippen molar-refractivity contribution in [1.29, 1.82) is 0 Å². The molecule has 1 unspecified atom stereocenters. The van der Waals surface area contributed by atoms with Gasteiger partial charge >= 0.3 is 6.18 Å². The number of amides is 1. The van der Waals surface area contributed by atoms with Crippen LogP contribution in [-0.4, -0.2) is 39.7 Å². The number of hydrogen-bond donors (Lipinski definition) is 2. The molecule has 1 aromatic heterocycles. The van der Waals surface area contributed by atoms with Gasteiger partial charge in [-0.05, 0) is 56.6 Å². The van der Waals surface area contributed by atoms with Gasteiger partial charge in [-0.1, -0.05) is 23.7 Å². The molecule has 2 aromatic rings. The number of aromatic nitrogens is 2. The summed E-state index contributed by atoms with van der Waals surface area (Å²) in [6.45, 7) is 1.57. The van der Waals surface area contributed by atoms with Gasteiger partial charge in [0.1, 0.15) is 5.69 Å². The van der Waals surface area contributed by atoms with Gasteiger partial charge in [0.25, 0.3) is 5.91 Å². The minimum absolute atomic E-state index is 0.000234. The Labute approximate surface area is 188 Å². The van der Waals surface area contributed by atoms with E-state index in [2.05, 4.69) is 15.3 Å². The molecule has 1 aromatic carbocycles. The van der Waals surface area contributed by atoms with E-state index in [-0.39, 0.29) is 36.6 Å². The molecule has 1 amide bonds. The number of ether oxygens (including phenoxy) is 1. The van der Waals surface area contributed by atoms with E-state index in [0.717, 1.165) is 25.7 Å². The Balaban J connectivity index is 1.72. The van der Waals surface area contributed by atoms with E-state index in [9.17, 15) is 23.1 Å². The highest BCUT2D eigenvalue weighted by molar-refractivity contribution is 6.30. The number of carbonyl (C=O) groups is 1. The van der Waals surface area contributed by atoms with Crippen molar-refractivity contribution >= 4 is 17.5 Å². The third-order valence-electron chi connectivity index (χ3n) is 5.66. The Morgan fingerprint density at radius 3 is 2.56 bits per heavy atom. The molecule has 1 atom stereocenters. The van der Waals surface area contributed by atoms with Gasteiger partial charge in [-0.25, -0.2) is 9.97 Å². The van der Waals surface area contributed by atoms with Crippen LogP contribution in [0.3, 0.4) is 0 Å².